The number of thiazole rings is 1. The van der Waals surface area contributed by atoms with E-state index < -0.39 is 0 Å². The molecule has 0 aliphatic carbocycles. The zero-order valence-electron chi connectivity index (χ0n) is 15.1. The third kappa shape index (κ3) is 4.23. The van der Waals surface area contributed by atoms with Gasteiger partial charge >= 0.3 is 0 Å². The van der Waals surface area contributed by atoms with Crippen molar-refractivity contribution in [3.63, 3.8) is 0 Å². The molecule has 0 radical (unpaired) electrons. The van der Waals surface area contributed by atoms with Crippen LogP contribution in [0.15, 0.2) is 46.4 Å². The van der Waals surface area contributed by atoms with Gasteiger partial charge in [0.25, 0.3) is 5.91 Å². The third-order valence-electron chi connectivity index (χ3n) is 4.35. The van der Waals surface area contributed by atoms with Crippen LogP contribution in [0.1, 0.15) is 29.0 Å². The molecule has 7 nitrogen and oxygen atoms in total. The number of ether oxygens (including phenoxy) is 1. The molecule has 0 saturated heterocycles. The van der Waals surface area contributed by atoms with Crippen molar-refractivity contribution in [1.82, 2.24) is 10.3 Å². The number of hydrogen-bond acceptors (Lipinski definition) is 6. The van der Waals surface area contributed by atoms with E-state index in [0.29, 0.717) is 24.5 Å². The number of benzene rings is 1. The van der Waals surface area contributed by atoms with Crippen LogP contribution in [0.4, 0.5) is 5.13 Å². The summed E-state index contributed by atoms with van der Waals surface area (Å²) in [5.74, 6) is 0.787. The molecule has 8 heteroatoms. The summed E-state index contributed by atoms with van der Waals surface area (Å²) in [6, 6.07) is 9.28. The topological polar surface area (TPSA) is 93.5 Å². The molecule has 2 aromatic heterocycles. The molecule has 0 fully saturated rings. The van der Waals surface area contributed by atoms with Gasteiger partial charge < -0.3 is 19.8 Å². The van der Waals surface area contributed by atoms with E-state index in [0.717, 1.165) is 30.0 Å². The van der Waals surface area contributed by atoms with Crippen molar-refractivity contribution in [3.8, 4) is 17.0 Å². The Morgan fingerprint density at radius 2 is 2.18 bits per heavy atom. The molecule has 1 aliphatic rings. The fourth-order valence-electron chi connectivity index (χ4n) is 2.94. The number of furan rings is 1. The normalized spacial score (nSPS) is 12.3. The molecule has 4 rings (SSSR count). The van der Waals surface area contributed by atoms with E-state index in [9.17, 15) is 9.59 Å². The Kier molecular flexibility index (Phi) is 5.38. The summed E-state index contributed by atoms with van der Waals surface area (Å²) < 4.78 is 10.5. The van der Waals surface area contributed by atoms with Crippen LogP contribution in [0.5, 0.6) is 5.75 Å². The number of amides is 2. The van der Waals surface area contributed by atoms with Gasteiger partial charge in [-0.2, -0.15) is 0 Å². The van der Waals surface area contributed by atoms with Crippen LogP contribution in [-0.2, 0) is 11.2 Å². The second-order valence-corrected chi connectivity index (χ2v) is 7.20. The molecular formula is C20H19N3O4S. The lowest BCUT2D eigenvalue weighted by atomic mass is 10.1. The maximum Gasteiger partial charge on any atom is 0.286 e. The van der Waals surface area contributed by atoms with Gasteiger partial charge in [0.1, 0.15) is 5.75 Å². The highest BCUT2D eigenvalue weighted by molar-refractivity contribution is 7.14. The second kappa shape index (κ2) is 8.26. The molecule has 144 valence electrons. The molecular weight excluding hydrogens is 378 g/mol. The Labute approximate surface area is 165 Å². The third-order valence-corrected chi connectivity index (χ3v) is 5.10. The first-order valence-electron chi connectivity index (χ1n) is 9.02. The Morgan fingerprint density at radius 3 is 3.04 bits per heavy atom. The Balaban J connectivity index is 1.24. The average molecular weight is 397 g/mol. The highest BCUT2D eigenvalue weighted by atomic mass is 32.1. The largest absolute Gasteiger partial charge is 0.493 e. The standard InChI is InChI=1S/C20H19N3O4S/c24-18(4-1-8-21-19(25)17-3-2-9-26-17)23-20-22-15(12-28-20)13-5-6-16-14(11-13)7-10-27-16/h2-3,5-6,9,11-12H,1,4,7-8,10H2,(H,21,25)(H,22,23,24). The fourth-order valence-corrected chi connectivity index (χ4v) is 3.67. The maximum absolute atomic E-state index is 12.1. The Bertz CT molecular complexity index is 981. The van der Waals surface area contributed by atoms with Crippen LogP contribution >= 0.6 is 11.3 Å². The molecule has 0 atom stereocenters. The summed E-state index contributed by atoms with van der Waals surface area (Å²) in [5.41, 5.74) is 3.04. The summed E-state index contributed by atoms with van der Waals surface area (Å²) in [5, 5.41) is 8.02. The minimum Gasteiger partial charge on any atom is -0.493 e. The van der Waals surface area contributed by atoms with Gasteiger partial charge in [0.15, 0.2) is 10.9 Å². The zero-order valence-corrected chi connectivity index (χ0v) is 15.9. The minimum absolute atomic E-state index is 0.129. The quantitative estimate of drug-likeness (QED) is 0.595. The molecule has 0 unspecified atom stereocenters. The molecule has 28 heavy (non-hydrogen) atoms. The SMILES string of the molecule is O=C(CCCNC(=O)c1ccco1)Nc1nc(-c2ccc3c(c2)CCO3)cs1. The van der Waals surface area contributed by atoms with Crippen LogP contribution in [0, 0.1) is 0 Å². The molecule has 0 bridgehead atoms. The van der Waals surface area contributed by atoms with Gasteiger partial charge in [-0.3, -0.25) is 9.59 Å². The lowest BCUT2D eigenvalue weighted by Gasteiger charge is -2.04. The van der Waals surface area contributed by atoms with E-state index in [2.05, 4.69) is 21.7 Å². The zero-order chi connectivity index (χ0) is 19.3. The monoisotopic (exact) mass is 397 g/mol. The number of hydrogen-bond donors (Lipinski definition) is 2. The number of aromatic nitrogens is 1. The number of fused-ring (bicyclic) bond motifs is 1. The van der Waals surface area contributed by atoms with Gasteiger partial charge in [-0.1, -0.05) is 0 Å². The number of carbonyl (C=O) groups is 2. The summed E-state index contributed by atoms with van der Waals surface area (Å²) >= 11 is 1.39. The lowest BCUT2D eigenvalue weighted by molar-refractivity contribution is -0.116. The van der Waals surface area contributed by atoms with Crippen LogP contribution < -0.4 is 15.4 Å². The Morgan fingerprint density at radius 1 is 1.25 bits per heavy atom. The first-order chi connectivity index (χ1) is 13.7. The van der Waals surface area contributed by atoms with Crippen molar-refractivity contribution in [2.24, 2.45) is 0 Å². The number of carbonyl (C=O) groups excluding carboxylic acids is 2. The second-order valence-electron chi connectivity index (χ2n) is 6.34. The van der Waals surface area contributed by atoms with E-state index in [4.69, 9.17) is 9.15 Å². The van der Waals surface area contributed by atoms with Gasteiger partial charge in [-0.15, -0.1) is 11.3 Å². The van der Waals surface area contributed by atoms with Gasteiger partial charge in [0, 0.05) is 30.3 Å². The van der Waals surface area contributed by atoms with Crippen molar-refractivity contribution in [1.29, 1.82) is 0 Å². The average Bonchev–Trinajstić information content (AvgIpc) is 3.45. The predicted octanol–water partition coefficient (Wildman–Crippen LogP) is 3.49. The van der Waals surface area contributed by atoms with Crippen molar-refractivity contribution in [3.05, 3.63) is 53.3 Å². The van der Waals surface area contributed by atoms with Gasteiger partial charge in [-0.05, 0) is 42.3 Å². The fraction of sp³-hybridized carbons (Fsp3) is 0.250. The van der Waals surface area contributed by atoms with Crippen molar-refractivity contribution < 1.29 is 18.7 Å². The smallest absolute Gasteiger partial charge is 0.286 e. The summed E-state index contributed by atoms with van der Waals surface area (Å²) in [4.78, 5) is 28.3. The van der Waals surface area contributed by atoms with Crippen LogP contribution in [0.2, 0.25) is 0 Å². The maximum atomic E-state index is 12.1. The van der Waals surface area contributed by atoms with E-state index in [1.807, 2.05) is 17.5 Å². The van der Waals surface area contributed by atoms with Gasteiger partial charge in [-0.25, -0.2) is 4.98 Å². The van der Waals surface area contributed by atoms with Crippen LogP contribution in [0.3, 0.4) is 0 Å². The molecule has 3 aromatic rings. The van der Waals surface area contributed by atoms with Crippen LogP contribution in [0.25, 0.3) is 11.3 Å². The van der Waals surface area contributed by atoms with E-state index in [1.54, 1.807) is 12.1 Å². The number of rotatable bonds is 7. The molecule has 2 N–H and O–H groups in total. The van der Waals surface area contributed by atoms with E-state index >= 15 is 0 Å². The molecule has 1 aliphatic heterocycles. The summed E-state index contributed by atoms with van der Waals surface area (Å²) in [6.07, 6.45) is 3.18. The Hall–Kier alpha value is -3.13. The first kappa shape index (κ1) is 18.2. The minimum atomic E-state index is -0.283. The molecule has 0 saturated carbocycles. The predicted molar refractivity (Wildman–Crippen MR) is 106 cm³/mol. The number of nitrogens with one attached hydrogen (secondary N) is 2. The highest BCUT2D eigenvalue weighted by Crippen LogP contribution is 2.31. The number of nitrogens with zero attached hydrogens (tertiary/aromatic N) is 1. The first-order valence-corrected chi connectivity index (χ1v) is 9.90. The van der Waals surface area contributed by atoms with Gasteiger partial charge in [0.2, 0.25) is 5.91 Å². The number of anilines is 1. The van der Waals surface area contributed by atoms with E-state index in [-0.39, 0.29) is 17.6 Å². The molecule has 3 heterocycles. The summed E-state index contributed by atoms with van der Waals surface area (Å²) in [7, 11) is 0. The lowest BCUT2D eigenvalue weighted by Crippen LogP contribution is -2.25. The molecule has 1 aromatic carbocycles. The van der Waals surface area contributed by atoms with Crippen LogP contribution in [-0.4, -0.2) is 29.9 Å². The highest BCUT2D eigenvalue weighted by Gasteiger charge is 2.14. The van der Waals surface area contributed by atoms with Crippen molar-refractivity contribution >= 4 is 28.3 Å². The molecule has 2 amide bonds. The molecule has 0 spiro atoms. The van der Waals surface area contributed by atoms with Gasteiger partial charge in [0.05, 0.1) is 18.6 Å². The van der Waals surface area contributed by atoms with Crippen molar-refractivity contribution in [2.45, 2.75) is 19.3 Å². The summed E-state index contributed by atoms with van der Waals surface area (Å²) in [6.45, 7) is 1.12. The van der Waals surface area contributed by atoms with E-state index in [1.165, 1.54) is 23.2 Å². The van der Waals surface area contributed by atoms with Crippen molar-refractivity contribution in [2.75, 3.05) is 18.5 Å².